The highest BCUT2D eigenvalue weighted by Gasteiger charge is 2.58. The van der Waals surface area contributed by atoms with Crippen molar-refractivity contribution in [3.8, 4) is 0 Å². The number of methoxy groups -OCH3 is 1. The number of carbonyl (C=O) groups is 2. The van der Waals surface area contributed by atoms with Gasteiger partial charge >= 0.3 is 11.9 Å². The smallest absolute Gasteiger partial charge is 0.312 e. The van der Waals surface area contributed by atoms with Crippen molar-refractivity contribution in [3.05, 3.63) is 0 Å². The quantitative estimate of drug-likeness (QED) is 0.731. The summed E-state index contributed by atoms with van der Waals surface area (Å²) in [5.41, 5.74) is 0.00289. The first kappa shape index (κ1) is 15.3. The second kappa shape index (κ2) is 6.15. The number of hydrogen-bond donors (Lipinski definition) is 0. The van der Waals surface area contributed by atoms with E-state index < -0.39 is 0 Å². The molecule has 4 atom stereocenters. The average Bonchev–Trinajstić information content (AvgIpc) is 3.15. The third-order valence-corrected chi connectivity index (χ3v) is 5.38. The van der Waals surface area contributed by atoms with Gasteiger partial charge in [-0.1, -0.05) is 20.3 Å². The lowest BCUT2D eigenvalue weighted by Crippen LogP contribution is -2.32. The predicted molar refractivity (Wildman–Crippen MR) is 74.9 cm³/mol. The Kier molecular flexibility index (Phi) is 4.71. The molecule has 3 aliphatic rings. The van der Waals surface area contributed by atoms with Crippen LogP contribution in [0.5, 0.6) is 0 Å². The lowest BCUT2D eigenvalue weighted by atomic mass is 9.72. The van der Waals surface area contributed by atoms with Crippen LogP contribution in [-0.2, 0) is 19.1 Å². The second-order valence-corrected chi connectivity index (χ2v) is 6.45. The van der Waals surface area contributed by atoms with Gasteiger partial charge < -0.3 is 9.47 Å². The van der Waals surface area contributed by atoms with E-state index in [-0.39, 0.29) is 23.3 Å². The summed E-state index contributed by atoms with van der Waals surface area (Å²) in [6.45, 7) is 4.50. The molecule has 0 N–H and O–H groups in total. The SMILES string of the molecule is CCC(C)C(=O)OC.O=C1OCCC12CC1CCC2C1. The first-order valence-electron chi connectivity index (χ1n) is 7.78. The highest BCUT2D eigenvalue weighted by Crippen LogP contribution is 2.59. The maximum atomic E-state index is 11.6. The molecule has 0 aromatic heterocycles. The summed E-state index contributed by atoms with van der Waals surface area (Å²) in [5, 5.41) is 0. The zero-order valence-electron chi connectivity index (χ0n) is 12.8. The van der Waals surface area contributed by atoms with E-state index in [0.29, 0.717) is 12.5 Å². The number of esters is 2. The summed E-state index contributed by atoms with van der Waals surface area (Å²) < 4.78 is 9.57. The lowest BCUT2D eigenvalue weighted by Gasteiger charge is -2.28. The highest BCUT2D eigenvalue weighted by molar-refractivity contribution is 5.79. The van der Waals surface area contributed by atoms with Crippen LogP contribution >= 0.6 is 0 Å². The fourth-order valence-corrected chi connectivity index (χ4v) is 3.94. The Morgan fingerprint density at radius 1 is 1.50 bits per heavy atom. The van der Waals surface area contributed by atoms with E-state index in [9.17, 15) is 9.59 Å². The minimum atomic E-state index is -0.118. The summed E-state index contributed by atoms with van der Waals surface area (Å²) in [6, 6.07) is 0. The Balaban J connectivity index is 0.000000163. The molecule has 2 bridgehead atoms. The van der Waals surface area contributed by atoms with Crippen molar-refractivity contribution in [2.45, 2.75) is 52.4 Å². The molecule has 2 saturated carbocycles. The number of fused-ring (bicyclic) bond motifs is 3. The van der Waals surface area contributed by atoms with Crippen molar-refractivity contribution in [1.29, 1.82) is 0 Å². The number of hydrogen-bond acceptors (Lipinski definition) is 4. The van der Waals surface area contributed by atoms with Gasteiger partial charge in [-0.25, -0.2) is 0 Å². The monoisotopic (exact) mass is 282 g/mol. The summed E-state index contributed by atoms with van der Waals surface area (Å²) in [4.78, 5) is 22.1. The van der Waals surface area contributed by atoms with E-state index in [4.69, 9.17) is 4.74 Å². The predicted octanol–water partition coefficient (Wildman–Crippen LogP) is 2.95. The van der Waals surface area contributed by atoms with Crippen LogP contribution in [0, 0.1) is 23.2 Å². The maximum absolute atomic E-state index is 11.6. The third-order valence-electron chi connectivity index (χ3n) is 5.38. The summed E-state index contributed by atoms with van der Waals surface area (Å²) in [6.07, 6.45) is 6.94. The standard InChI is InChI=1S/C10H14O2.C6H12O2/c11-9-10(3-4-12-9)6-7-1-2-8(10)5-7;1-4-5(2)6(7)8-3/h7-8H,1-6H2;5H,4H2,1-3H3. The summed E-state index contributed by atoms with van der Waals surface area (Å²) >= 11 is 0. The van der Waals surface area contributed by atoms with Crippen molar-refractivity contribution in [1.82, 2.24) is 0 Å². The maximum Gasteiger partial charge on any atom is 0.312 e. The number of cyclic esters (lactones) is 1. The van der Waals surface area contributed by atoms with Crippen LogP contribution in [-0.4, -0.2) is 25.7 Å². The number of carbonyl (C=O) groups excluding carboxylic acids is 2. The van der Waals surface area contributed by atoms with Crippen LogP contribution in [0.2, 0.25) is 0 Å². The van der Waals surface area contributed by atoms with Crippen LogP contribution in [0.15, 0.2) is 0 Å². The van der Waals surface area contributed by atoms with Gasteiger partial charge in [-0.15, -0.1) is 0 Å². The van der Waals surface area contributed by atoms with Gasteiger partial charge in [-0.05, 0) is 43.9 Å². The molecule has 1 aliphatic heterocycles. The van der Waals surface area contributed by atoms with Gasteiger partial charge in [0.1, 0.15) is 0 Å². The molecule has 4 heteroatoms. The average molecular weight is 282 g/mol. The molecular formula is C16H26O4. The molecule has 4 unspecified atom stereocenters. The van der Waals surface area contributed by atoms with E-state index in [1.165, 1.54) is 26.4 Å². The molecule has 0 aromatic carbocycles. The molecule has 4 nitrogen and oxygen atoms in total. The normalized spacial score (nSPS) is 35.5. The van der Waals surface area contributed by atoms with Crippen LogP contribution < -0.4 is 0 Å². The Bertz CT molecular complexity index is 379. The van der Waals surface area contributed by atoms with Crippen molar-refractivity contribution >= 4 is 11.9 Å². The zero-order valence-corrected chi connectivity index (χ0v) is 12.8. The molecule has 1 saturated heterocycles. The largest absolute Gasteiger partial charge is 0.469 e. The second-order valence-electron chi connectivity index (χ2n) is 6.45. The minimum Gasteiger partial charge on any atom is -0.469 e. The third kappa shape index (κ3) is 2.70. The minimum absolute atomic E-state index is 0.00289. The molecule has 1 spiro atoms. The molecule has 0 amide bonds. The molecule has 20 heavy (non-hydrogen) atoms. The van der Waals surface area contributed by atoms with E-state index in [0.717, 1.165) is 25.2 Å². The molecule has 1 heterocycles. The highest BCUT2D eigenvalue weighted by atomic mass is 16.5. The molecular weight excluding hydrogens is 256 g/mol. The zero-order chi connectivity index (χ0) is 14.8. The van der Waals surface area contributed by atoms with E-state index in [1.807, 2.05) is 13.8 Å². The van der Waals surface area contributed by atoms with Crippen molar-refractivity contribution in [2.24, 2.45) is 23.2 Å². The van der Waals surface area contributed by atoms with Gasteiger partial charge in [0.15, 0.2) is 0 Å². The topological polar surface area (TPSA) is 52.6 Å². The van der Waals surface area contributed by atoms with E-state index in [1.54, 1.807) is 0 Å². The van der Waals surface area contributed by atoms with Gasteiger partial charge in [0.25, 0.3) is 0 Å². The number of ether oxygens (including phenoxy) is 2. The van der Waals surface area contributed by atoms with E-state index in [2.05, 4.69) is 4.74 Å². The Morgan fingerprint density at radius 3 is 2.60 bits per heavy atom. The molecule has 0 radical (unpaired) electrons. The van der Waals surface area contributed by atoms with Crippen LogP contribution in [0.3, 0.4) is 0 Å². The van der Waals surface area contributed by atoms with Crippen LogP contribution in [0.1, 0.15) is 52.4 Å². The Hall–Kier alpha value is -1.06. The van der Waals surface area contributed by atoms with Crippen molar-refractivity contribution in [3.63, 3.8) is 0 Å². The molecule has 3 rings (SSSR count). The Morgan fingerprint density at radius 2 is 2.25 bits per heavy atom. The summed E-state index contributed by atoms with van der Waals surface area (Å²) in [5.74, 6) is 1.58. The van der Waals surface area contributed by atoms with Gasteiger partial charge in [0.2, 0.25) is 0 Å². The van der Waals surface area contributed by atoms with Gasteiger partial charge in [-0.3, -0.25) is 9.59 Å². The molecule has 3 fully saturated rings. The molecule has 2 aliphatic carbocycles. The first-order chi connectivity index (χ1) is 9.53. The Labute approximate surface area is 121 Å². The van der Waals surface area contributed by atoms with Crippen LogP contribution in [0.4, 0.5) is 0 Å². The van der Waals surface area contributed by atoms with Crippen LogP contribution in [0.25, 0.3) is 0 Å². The molecule has 0 aromatic rings. The van der Waals surface area contributed by atoms with Crippen molar-refractivity contribution in [2.75, 3.05) is 13.7 Å². The fourth-order valence-electron chi connectivity index (χ4n) is 3.94. The summed E-state index contributed by atoms with van der Waals surface area (Å²) in [7, 11) is 1.41. The number of rotatable bonds is 2. The van der Waals surface area contributed by atoms with Crippen molar-refractivity contribution < 1.29 is 19.1 Å². The molecule has 114 valence electrons. The van der Waals surface area contributed by atoms with E-state index >= 15 is 0 Å². The van der Waals surface area contributed by atoms with Gasteiger partial charge in [-0.2, -0.15) is 0 Å². The fraction of sp³-hybridized carbons (Fsp3) is 0.875. The lowest BCUT2D eigenvalue weighted by molar-refractivity contribution is -0.148. The van der Waals surface area contributed by atoms with Gasteiger partial charge in [0, 0.05) is 0 Å². The first-order valence-corrected chi connectivity index (χ1v) is 7.78. The van der Waals surface area contributed by atoms with Gasteiger partial charge in [0.05, 0.1) is 25.0 Å².